The Morgan fingerprint density at radius 2 is 2.22 bits per heavy atom. The molecule has 0 N–H and O–H groups in total. The minimum atomic E-state index is 0.510. The molecule has 6 heteroatoms. The molecule has 3 aromatic rings. The zero-order valence-electron chi connectivity index (χ0n) is 10.2. The zero-order chi connectivity index (χ0) is 12.7. The van der Waals surface area contributed by atoms with Crippen molar-refractivity contribution in [2.24, 2.45) is 0 Å². The van der Waals surface area contributed by atoms with Crippen LogP contribution in [0.3, 0.4) is 0 Å². The van der Waals surface area contributed by atoms with Gasteiger partial charge >= 0.3 is 0 Å². The van der Waals surface area contributed by atoms with E-state index in [1.54, 1.807) is 11.3 Å². The topological polar surface area (TPSA) is 35.1 Å². The summed E-state index contributed by atoms with van der Waals surface area (Å²) in [5.74, 6) is 0.510. The minimum absolute atomic E-state index is 0.510. The van der Waals surface area contributed by atoms with Crippen LogP contribution >= 0.6 is 22.9 Å². The molecule has 0 saturated heterocycles. The standard InChI is InChI=1S/C12H13ClN4S/c1-8-11(5-13)9(2)17(15-8)7-10-6-16-3-4-18-12(16)14-10/h3-4,6H,5,7H2,1-2H3. The van der Waals surface area contributed by atoms with E-state index in [4.69, 9.17) is 11.6 Å². The Morgan fingerprint density at radius 3 is 2.89 bits per heavy atom. The van der Waals surface area contributed by atoms with Crippen molar-refractivity contribution in [3.05, 3.63) is 40.4 Å². The van der Waals surface area contributed by atoms with Crippen molar-refractivity contribution in [3.63, 3.8) is 0 Å². The molecule has 3 aromatic heterocycles. The normalized spacial score (nSPS) is 11.5. The second-order valence-electron chi connectivity index (χ2n) is 4.27. The van der Waals surface area contributed by atoms with Crippen molar-refractivity contribution in [2.45, 2.75) is 26.3 Å². The van der Waals surface area contributed by atoms with Gasteiger partial charge in [0.2, 0.25) is 0 Å². The summed E-state index contributed by atoms with van der Waals surface area (Å²) in [5.41, 5.74) is 4.27. The van der Waals surface area contributed by atoms with E-state index in [-0.39, 0.29) is 0 Å². The van der Waals surface area contributed by atoms with Crippen LogP contribution < -0.4 is 0 Å². The number of fused-ring (bicyclic) bond motifs is 1. The van der Waals surface area contributed by atoms with Crippen LogP contribution in [0.15, 0.2) is 17.8 Å². The SMILES string of the molecule is Cc1nn(Cc2cn3ccsc3n2)c(C)c1CCl. The summed E-state index contributed by atoms with van der Waals surface area (Å²) in [7, 11) is 0. The third-order valence-electron chi connectivity index (χ3n) is 3.12. The first-order valence-corrected chi connectivity index (χ1v) is 7.10. The Morgan fingerprint density at radius 1 is 1.39 bits per heavy atom. The lowest BCUT2D eigenvalue weighted by atomic mass is 10.2. The quantitative estimate of drug-likeness (QED) is 0.692. The fourth-order valence-corrected chi connectivity index (χ4v) is 3.19. The Bertz CT molecular complexity index is 666. The molecule has 0 bridgehead atoms. The van der Waals surface area contributed by atoms with Gasteiger partial charge in [0.25, 0.3) is 0 Å². The highest BCUT2D eigenvalue weighted by atomic mass is 35.5. The number of aryl methyl sites for hydroxylation is 1. The van der Waals surface area contributed by atoms with Crippen LogP contribution in [0.2, 0.25) is 0 Å². The number of aromatic nitrogens is 4. The molecule has 0 aromatic carbocycles. The van der Waals surface area contributed by atoms with Gasteiger partial charge in [0.1, 0.15) is 0 Å². The molecule has 0 amide bonds. The number of imidazole rings is 1. The van der Waals surface area contributed by atoms with E-state index >= 15 is 0 Å². The molecular weight excluding hydrogens is 268 g/mol. The van der Waals surface area contributed by atoms with Gasteiger partial charge in [-0.05, 0) is 13.8 Å². The van der Waals surface area contributed by atoms with Crippen molar-refractivity contribution in [2.75, 3.05) is 0 Å². The van der Waals surface area contributed by atoms with Crippen LogP contribution in [-0.4, -0.2) is 19.2 Å². The van der Waals surface area contributed by atoms with Gasteiger partial charge in [0, 0.05) is 29.0 Å². The summed E-state index contributed by atoms with van der Waals surface area (Å²) in [6.07, 6.45) is 4.06. The Balaban J connectivity index is 1.94. The van der Waals surface area contributed by atoms with Crippen molar-refractivity contribution < 1.29 is 0 Å². The van der Waals surface area contributed by atoms with Gasteiger partial charge < -0.3 is 0 Å². The summed E-state index contributed by atoms with van der Waals surface area (Å²) in [4.78, 5) is 5.58. The Kier molecular flexibility index (Phi) is 2.87. The van der Waals surface area contributed by atoms with Crippen molar-refractivity contribution in [1.29, 1.82) is 0 Å². The van der Waals surface area contributed by atoms with Crippen LogP contribution in [0.25, 0.3) is 4.96 Å². The third-order valence-corrected chi connectivity index (χ3v) is 4.16. The summed E-state index contributed by atoms with van der Waals surface area (Å²) < 4.78 is 4.01. The molecular formula is C12H13ClN4S. The highest BCUT2D eigenvalue weighted by molar-refractivity contribution is 7.15. The van der Waals surface area contributed by atoms with E-state index < -0.39 is 0 Å². The lowest BCUT2D eigenvalue weighted by molar-refractivity contribution is 0.649. The third kappa shape index (κ3) is 1.83. The van der Waals surface area contributed by atoms with Gasteiger partial charge in [-0.1, -0.05) is 0 Å². The number of hydrogen-bond acceptors (Lipinski definition) is 3. The Hall–Kier alpha value is -1.33. The molecule has 3 rings (SSSR count). The molecule has 0 aliphatic carbocycles. The average molecular weight is 281 g/mol. The number of alkyl halides is 1. The minimum Gasteiger partial charge on any atom is -0.297 e. The zero-order valence-corrected chi connectivity index (χ0v) is 11.8. The van der Waals surface area contributed by atoms with Crippen molar-refractivity contribution in [3.8, 4) is 0 Å². The molecule has 0 unspecified atom stereocenters. The molecule has 18 heavy (non-hydrogen) atoms. The highest BCUT2D eigenvalue weighted by Crippen LogP contribution is 2.17. The van der Waals surface area contributed by atoms with Crippen LogP contribution in [-0.2, 0) is 12.4 Å². The van der Waals surface area contributed by atoms with Gasteiger partial charge in [-0.15, -0.1) is 22.9 Å². The number of nitrogens with zero attached hydrogens (tertiary/aromatic N) is 4. The van der Waals surface area contributed by atoms with Gasteiger partial charge in [-0.2, -0.15) is 5.10 Å². The van der Waals surface area contributed by atoms with Crippen molar-refractivity contribution in [1.82, 2.24) is 19.2 Å². The molecule has 94 valence electrons. The number of halogens is 1. The fourth-order valence-electron chi connectivity index (χ4n) is 2.09. The molecule has 0 aliphatic rings. The van der Waals surface area contributed by atoms with Crippen molar-refractivity contribution >= 4 is 27.9 Å². The molecule has 0 radical (unpaired) electrons. The highest BCUT2D eigenvalue weighted by Gasteiger charge is 2.12. The predicted molar refractivity (Wildman–Crippen MR) is 73.4 cm³/mol. The maximum atomic E-state index is 5.93. The predicted octanol–water partition coefficient (Wildman–Crippen LogP) is 3.00. The van der Waals surface area contributed by atoms with Crippen LogP contribution in [0.4, 0.5) is 0 Å². The molecule has 0 saturated carbocycles. The second kappa shape index (κ2) is 4.40. The monoisotopic (exact) mass is 280 g/mol. The summed E-state index contributed by atoms with van der Waals surface area (Å²) in [6.45, 7) is 4.74. The number of hydrogen-bond donors (Lipinski definition) is 0. The molecule has 0 aliphatic heterocycles. The number of rotatable bonds is 3. The van der Waals surface area contributed by atoms with E-state index in [1.807, 2.05) is 33.8 Å². The van der Waals surface area contributed by atoms with E-state index in [2.05, 4.69) is 17.0 Å². The van der Waals surface area contributed by atoms with E-state index in [1.165, 1.54) is 0 Å². The van der Waals surface area contributed by atoms with Gasteiger partial charge in [0.15, 0.2) is 4.96 Å². The summed E-state index contributed by atoms with van der Waals surface area (Å²) in [5, 5.41) is 6.55. The first-order valence-electron chi connectivity index (χ1n) is 5.69. The maximum absolute atomic E-state index is 5.93. The Labute approximate surface area is 114 Å². The van der Waals surface area contributed by atoms with E-state index in [0.717, 1.165) is 27.6 Å². The lowest BCUT2D eigenvalue weighted by Crippen LogP contribution is -2.04. The number of thiazole rings is 1. The molecule has 0 atom stereocenters. The van der Waals surface area contributed by atoms with Gasteiger partial charge in [-0.3, -0.25) is 9.08 Å². The molecule has 3 heterocycles. The van der Waals surface area contributed by atoms with Crippen LogP contribution in [0.1, 0.15) is 22.6 Å². The smallest absolute Gasteiger partial charge is 0.193 e. The first kappa shape index (κ1) is 11.7. The largest absolute Gasteiger partial charge is 0.297 e. The fraction of sp³-hybridized carbons (Fsp3) is 0.333. The van der Waals surface area contributed by atoms with Crippen LogP contribution in [0.5, 0.6) is 0 Å². The van der Waals surface area contributed by atoms with Gasteiger partial charge in [0.05, 0.1) is 23.8 Å². The molecule has 0 fully saturated rings. The summed E-state index contributed by atoms with van der Waals surface area (Å²) in [6, 6.07) is 0. The molecule has 0 spiro atoms. The van der Waals surface area contributed by atoms with E-state index in [9.17, 15) is 0 Å². The first-order chi connectivity index (χ1) is 8.69. The van der Waals surface area contributed by atoms with E-state index in [0.29, 0.717) is 12.4 Å². The summed E-state index contributed by atoms with van der Waals surface area (Å²) >= 11 is 7.57. The molecule has 4 nitrogen and oxygen atoms in total. The second-order valence-corrected chi connectivity index (χ2v) is 5.41. The lowest BCUT2D eigenvalue weighted by Gasteiger charge is -2.01. The van der Waals surface area contributed by atoms with Gasteiger partial charge in [-0.25, -0.2) is 4.98 Å². The maximum Gasteiger partial charge on any atom is 0.193 e. The average Bonchev–Trinajstić information content (AvgIpc) is 2.95. The van der Waals surface area contributed by atoms with Crippen LogP contribution in [0, 0.1) is 13.8 Å².